The molecule has 0 bridgehead atoms. The van der Waals surface area contributed by atoms with E-state index in [0.717, 1.165) is 27.2 Å². The third kappa shape index (κ3) is 3.61. The molecule has 0 aliphatic heterocycles. The highest BCUT2D eigenvalue weighted by Gasteiger charge is 2.20. The Morgan fingerprint density at radius 3 is 2.70 bits per heavy atom. The summed E-state index contributed by atoms with van der Waals surface area (Å²) in [5.74, 6) is -0.181. The van der Waals surface area contributed by atoms with Crippen LogP contribution in [0.1, 0.15) is 35.4 Å². The van der Waals surface area contributed by atoms with Gasteiger partial charge in [-0.15, -0.1) is 11.3 Å². The van der Waals surface area contributed by atoms with Gasteiger partial charge in [0.2, 0.25) is 0 Å². The second-order valence-corrected chi connectivity index (χ2v) is 7.49. The average Bonchev–Trinajstić information content (AvgIpc) is 2.72. The van der Waals surface area contributed by atoms with Crippen LogP contribution >= 0.6 is 38.9 Å². The van der Waals surface area contributed by atoms with Gasteiger partial charge in [0.05, 0.1) is 14.9 Å². The van der Waals surface area contributed by atoms with Crippen molar-refractivity contribution in [3.05, 3.63) is 54.9 Å². The van der Waals surface area contributed by atoms with Crippen LogP contribution in [0.3, 0.4) is 0 Å². The molecule has 0 radical (unpaired) electrons. The van der Waals surface area contributed by atoms with Crippen molar-refractivity contribution >= 4 is 38.9 Å². The van der Waals surface area contributed by atoms with Crippen molar-refractivity contribution in [1.82, 2.24) is 5.32 Å². The van der Waals surface area contributed by atoms with Gasteiger partial charge < -0.3 is 5.32 Å². The smallest absolute Gasteiger partial charge is 0.128 e. The fraction of sp³-hybridized carbons (Fsp3) is 0.333. The van der Waals surface area contributed by atoms with Crippen LogP contribution in [0.5, 0.6) is 0 Å². The zero-order chi connectivity index (χ0) is 14.7. The zero-order valence-electron chi connectivity index (χ0n) is 11.3. The summed E-state index contributed by atoms with van der Waals surface area (Å²) >= 11 is 11.1. The molecule has 1 atom stereocenters. The Labute approximate surface area is 136 Å². The van der Waals surface area contributed by atoms with E-state index in [0.29, 0.717) is 10.6 Å². The van der Waals surface area contributed by atoms with E-state index in [2.05, 4.69) is 28.2 Å². The molecule has 0 saturated carbocycles. The molecule has 108 valence electrons. The first-order valence-electron chi connectivity index (χ1n) is 6.47. The molecular weight excluding hydrogens is 361 g/mol. The van der Waals surface area contributed by atoms with Crippen LogP contribution in [-0.4, -0.2) is 6.54 Å². The normalized spacial score (nSPS) is 12.7. The Morgan fingerprint density at radius 1 is 1.40 bits per heavy atom. The van der Waals surface area contributed by atoms with Gasteiger partial charge in [0.1, 0.15) is 5.82 Å². The van der Waals surface area contributed by atoms with Crippen molar-refractivity contribution in [1.29, 1.82) is 0 Å². The van der Waals surface area contributed by atoms with Crippen molar-refractivity contribution < 1.29 is 4.39 Å². The molecule has 1 aromatic carbocycles. The first-order chi connectivity index (χ1) is 9.52. The van der Waals surface area contributed by atoms with Gasteiger partial charge in [0.25, 0.3) is 0 Å². The highest BCUT2D eigenvalue weighted by molar-refractivity contribution is 9.11. The Kier molecular flexibility index (Phi) is 5.61. The number of hydrogen-bond donors (Lipinski definition) is 1. The lowest BCUT2D eigenvalue weighted by Crippen LogP contribution is -2.23. The molecule has 5 heteroatoms. The monoisotopic (exact) mass is 375 g/mol. The molecule has 2 rings (SSSR count). The summed E-state index contributed by atoms with van der Waals surface area (Å²) < 4.78 is 15.1. The van der Waals surface area contributed by atoms with Crippen LogP contribution in [0.25, 0.3) is 0 Å². The Morgan fingerprint density at radius 2 is 2.15 bits per heavy atom. The number of hydrogen-bond acceptors (Lipinski definition) is 2. The van der Waals surface area contributed by atoms with E-state index in [1.54, 1.807) is 6.07 Å². The highest BCUT2D eigenvalue weighted by Crippen LogP contribution is 2.38. The number of halogens is 3. The van der Waals surface area contributed by atoms with E-state index in [9.17, 15) is 4.39 Å². The van der Waals surface area contributed by atoms with Crippen LogP contribution < -0.4 is 5.32 Å². The van der Waals surface area contributed by atoms with Gasteiger partial charge in [-0.3, -0.25) is 0 Å². The Bertz CT molecular complexity index is 580. The van der Waals surface area contributed by atoms with Crippen LogP contribution in [-0.2, 0) is 0 Å². The third-order valence-corrected chi connectivity index (χ3v) is 5.55. The fourth-order valence-corrected chi connectivity index (χ4v) is 3.87. The van der Waals surface area contributed by atoms with Crippen LogP contribution in [0.4, 0.5) is 4.39 Å². The van der Waals surface area contributed by atoms with Gasteiger partial charge in [-0.2, -0.15) is 0 Å². The quantitative estimate of drug-likeness (QED) is 0.705. The lowest BCUT2D eigenvalue weighted by atomic mass is 10.0. The zero-order valence-corrected chi connectivity index (χ0v) is 14.5. The molecule has 0 aliphatic rings. The number of rotatable bonds is 5. The molecule has 0 aliphatic carbocycles. The topological polar surface area (TPSA) is 12.0 Å². The molecule has 1 unspecified atom stereocenters. The van der Waals surface area contributed by atoms with E-state index in [4.69, 9.17) is 11.6 Å². The summed E-state index contributed by atoms with van der Waals surface area (Å²) in [5, 5.41) is 4.06. The molecule has 0 amide bonds. The molecule has 1 N–H and O–H groups in total. The summed E-state index contributed by atoms with van der Waals surface area (Å²) in [6.45, 7) is 4.80. The number of benzene rings is 1. The molecule has 0 saturated heterocycles. The minimum atomic E-state index is -0.181. The largest absolute Gasteiger partial charge is 0.306 e. The molecule has 20 heavy (non-hydrogen) atoms. The first kappa shape index (κ1) is 16.0. The Hall–Kier alpha value is -0.420. The molecule has 1 nitrogen and oxygen atoms in total. The maximum absolute atomic E-state index is 14.2. The molecular formula is C15H16BrClFNS. The van der Waals surface area contributed by atoms with E-state index in [1.165, 1.54) is 11.3 Å². The van der Waals surface area contributed by atoms with Crippen molar-refractivity contribution in [2.75, 3.05) is 6.54 Å². The van der Waals surface area contributed by atoms with Gasteiger partial charge in [0.15, 0.2) is 0 Å². The summed E-state index contributed by atoms with van der Waals surface area (Å²) in [6, 6.07) is 7.08. The fourth-order valence-electron chi connectivity index (χ4n) is 2.02. The van der Waals surface area contributed by atoms with E-state index >= 15 is 0 Å². The summed E-state index contributed by atoms with van der Waals surface area (Å²) in [5.41, 5.74) is 1.58. The van der Waals surface area contributed by atoms with Crippen LogP contribution in [0, 0.1) is 12.7 Å². The summed E-state index contributed by atoms with van der Waals surface area (Å²) in [6.07, 6.45) is 0.990. The minimum absolute atomic E-state index is 0.163. The van der Waals surface area contributed by atoms with Crippen LogP contribution in [0.2, 0.25) is 5.02 Å². The molecule has 2 aromatic rings. The highest BCUT2D eigenvalue weighted by atomic mass is 79.9. The predicted molar refractivity (Wildman–Crippen MR) is 88.3 cm³/mol. The van der Waals surface area contributed by atoms with Crippen molar-refractivity contribution in [2.24, 2.45) is 0 Å². The minimum Gasteiger partial charge on any atom is -0.306 e. The van der Waals surface area contributed by atoms with Crippen molar-refractivity contribution in [3.8, 4) is 0 Å². The first-order valence-corrected chi connectivity index (χ1v) is 8.45. The SMILES string of the molecule is CCCNC(c1cc(Cl)c(Br)s1)c1ccc(C)cc1F. The molecule has 1 aromatic heterocycles. The second-order valence-electron chi connectivity index (χ2n) is 4.68. The number of nitrogens with one attached hydrogen (secondary N) is 1. The van der Waals surface area contributed by atoms with E-state index in [1.807, 2.05) is 25.1 Å². The lowest BCUT2D eigenvalue weighted by Gasteiger charge is -2.18. The lowest BCUT2D eigenvalue weighted by molar-refractivity contribution is 0.550. The molecule has 1 heterocycles. The summed E-state index contributed by atoms with van der Waals surface area (Å²) in [4.78, 5) is 1.01. The van der Waals surface area contributed by atoms with E-state index < -0.39 is 0 Å². The number of thiophene rings is 1. The van der Waals surface area contributed by atoms with Crippen molar-refractivity contribution in [2.45, 2.75) is 26.3 Å². The maximum atomic E-state index is 14.2. The molecule has 0 fully saturated rings. The van der Waals surface area contributed by atoms with Gasteiger partial charge >= 0.3 is 0 Å². The predicted octanol–water partition coefficient (Wildman–Crippen LogP) is 5.70. The van der Waals surface area contributed by atoms with Crippen molar-refractivity contribution in [3.63, 3.8) is 0 Å². The third-order valence-electron chi connectivity index (χ3n) is 3.01. The summed E-state index contributed by atoms with van der Waals surface area (Å²) in [7, 11) is 0. The standard InChI is InChI=1S/C15H16BrClFNS/c1-3-6-19-14(13-8-11(17)15(16)20-13)10-5-4-9(2)7-12(10)18/h4-5,7-8,14,19H,3,6H2,1-2H3. The molecule has 0 spiro atoms. The second kappa shape index (κ2) is 7.03. The van der Waals surface area contributed by atoms with Gasteiger partial charge in [-0.25, -0.2) is 4.39 Å². The van der Waals surface area contributed by atoms with Gasteiger partial charge in [-0.1, -0.05) is 30.7 Å². The van der Waals surface area contributed by atoms with Gasteiger partial charge in [0, 0.05) is 10.4 Å². The maximum Gasteiger partial charge on any atom is 0.128 e. The van der Waals surface area contributed by atoms with E-state index in [-0.39, 0.29) is 11.9 Å². The van der Waals surface area contributed by atoms with Gasteiger partial charge in [-0.05, 0) is 53.5 Å². The number of aryl methyl sites for hydroxylation is 1. The van der Waals surface area contributed by atoms with Crippen LogP contribution in [0.15, 0.2) is 28.1 Å². The average molecular weight is 377 g/mol. The Balaban J connectivity index is 2.41.